The molecule has 0 aliphatic heterocycles. The van der Waals surface area contributed by atoms with Crippen molar-refractivity contribution in [3.8, 4) is 11.4 Å². The monoisotopic (exact) mass is 323 g/mol. The van der Waals surface area contributed by atoms with Crippen LogP contribution in [0.3, 0.4) is 0 Å². The molecule has 0 fully saturated rings. The Morgan fingerprint density at radius 2 is 1.71 bits per heavy atom. The predicted molar refractivity (Wildman–Crippen MR) is 96.0 cm³/mol. The molecule has 2 aromatic carbocycles. The topological polar surface area (TPSA) is 81.1 Å². The van der Waals surface area contributed by atoms with Crippen molar-refractivity contribution in [3.63, 3.8) is 0 Å². The first-order valence-electron chi connectivity index (χ1n) is 7.81. The molecule has 1 heterocycles. The summed E-state index contributed by atoms with van der Waals surface area (Å²) in [4.78, 5) is 16.6. The fourth-order valence-corrected chi connectivity index (χ4v) is 2.82. The zero-order chi connectivity index (χ0) is 17.6. The molecule has 24 heavy (non-hydrogen) atoms. The van der Waals surface area contributed by atoms with Gasteiger partial charge in [0.25, 0.3) is 0 Å². The van der Waals surface area contributed by atoms with Gasteiger partial charge in [-0.3, -0.25) is 0 Å². The Labute approximate surface area is 140 Å². The molecule has 1 aromatic heterocycles. The normalized spacial score (nSPS) is 11.8. The molecule has 0 unspecified atom stereocenters. The summed E-state index contributed by atoms with van der Waals surface area (Å²) in [6.07, 6.45) is 0. The summed E-state index contributed by atoms with van der Waals surface area (Å²) in [5.41, 5.74) is 9.98. The van der Waals surface area contributed by atoms with Crippen LogP contribution in [0.4, 0.5) is 5.69 Å². The standard InChI is InChI=1S/C19H21N3O2/c1-11-9-15-16(10-12(11)2)22(19(3,4)18(23)24)17(21-15)13-5-7-14(20)8-6-13/h5-10H,20H2,1-4H3,(H,23,24). The van der Waals surface area contributed by atoms with Gasteiger partial charge < -0.3 is 15.4 Å². The third-order valence-corrected chi connectivity index (χ3v) is 4.52. The highest BCUT2D eigenvalue weighted by Gasteiger charge is 2.34. The number of aromatic nitrogens is 2. The van der Waals surface area contributed by atoms with Gasteiger partial charge in [-0.25, -0.2) is 9.78 Å². The number of aryl methyl sites for hydroxylation is 2. The highest BCUT2D eigenvalue weighted by molar-refractivity contribution is 5.87. The number of benzene rings is 2. The molecule has 5 heteroatoms. The first-order chi connectivity index (χ1) is 11.2. The van der Waals surface area contributed by atoms with Crippen LogP contribution in [0.15, 0.2) is 36.4 Å². The summed E-state index contributed by atoms with van der Waals surface area (Å²) in [7, 11) is 0. The van der Waals surface area contributed by atoms with Crippen LogP contribution >= 0.6 is 0 Å². The van der Waals surface area contributed by atoms with Crippen LogP contribution in [0, 0.1) is 13.8 Å². The second kappa shape index (κ2) is 5.37. The van der Waals surface area contributed by atoms with Crippen molar-refractivity contribution in [3.05, 3.63) is 47.5 Å². The maximum absolute atomic E-state index is 11.9. The molecular formula is C19H21N3O2. The molecule has 0 amide bonds. The molecule has 0 bridgehead atoms. The summed E-state index contributed by atoms with van der Waals surface area (Å²) < 4.78 is 1.79. The molecule has 0 spiro atoms. The number of nitrogens with two attached hydrogens (primary N) is 1. The Hall–Kier alpha value is -2.82. The maximum atomic E-state index is 11.9. The number of imidazole rings is 1. The van der Waals surface area contributed by atoms with E-state index in [1.54, 1.807) is 30.5 Å². The molecule has 3 rings (SSSR count). The number of rotatable bonds is 3. The predicted octanol–water partition coefficient (Wildman–Crippen LogP) is 3.72. The Morgan fingerprint density at radius 3 is 2.29 bits per heavy atom. The van der Waals surface area contributed by atoms with Crippen LogP contribution in [0.2, 0.25) is 0 Å². The average Bonchev–Trinajstić information content (AvgIpc) is 2.87. The van der Waals surface area contributed by atoms with Gasteiger partial charge in [0.2, 0.25) is 0 Å². The number of anilines is 1. The molecule has 3 N–H and O–H groups in total. The molecular weight excluding hydrogens is 302 g/mol. The second-order valence-corrected chi connectivity index (χ2v) is 6.68. The lowest BCUT2D eigenvalue weighted by molar-refractivity contribution is -0.145. The number of carbonyl (C=O) groups is 1. The number of carboxylic acids is 1. The van der Waals surface area contributed by atoms with E-state index < -0.39 is 11.5 Å². The van der Waals surface area contributed by atoms with Crippen molar-refractivity contribution in [2.45, 2.75) is 33.2 Å². The highest BCUT2D eigenvalue weighted by Crippen LogP contribution is 2.33. The zero-order valence-corrected chi connectivity index (χ0v) is 14.3. The fourth-order valence-electron chi connectivity index (χ4n) is 2.82. The van der Waals surface area contributed by atoms with Gasteiger partial charge in [0.05, 0.1) is 11.0 Å². The van der Waals surface area contributed by atoms with Crippen LogP contribution in [0.25, 0.3) is 22.4 Å². The van der Waals surface area contributed by atoms with E-state index >= 15 is 0 Å². The third kappa shape index (κ3) is 2.42. The molecule has 5 nitrogen and oxygen atoms in total. The minimum Gasteiger partial charge on any atom is -0.480 e. The van der Waals surface area contributed by atoms with Crippen LogP contribution < -0.4 is 5.73 Å². The highest BCUT2D eigenvalue weighted by atomic mass is 16.4. The van der Waals surface area contributed by atoms with Crippen molar-refractivity contribution in [1.82, 2.24) is 9.55 Å². The van der Waals surface area contributed by atoms with Crippen LogP contribution in [-0.4, -0.2) is 20.6 Å². The molecule has 0 saturated carbocycles. The minimum absolute atomic E-state index is 0.627. The Morgan fingerprint density at radius 1 is 1.12 bits per heavy atom. The van der Waals surface area contributed by atoms with Gasteiger partial charge in [-0.2, -0.15) is 0 Å². The number of nitrogens with zero attached hydrogens (tertiary/aromatic N) is 2. The fraction of sp³-hybridized carbons (Fsp3) is 0.263. The Balaban J connectivity index is 2.40. The summed E-state index contributed by atoms with van der Waals surface area (Å²) in [6, 6.07) is 11.3. The van der Waals surface area contributed by atoms with E-state index in [2.05, 4.69) is 0 Å². The molecule has 3 aromatic rings. The van der Waals surface area contributed by atoms with E-state index in [9.17, 15) is 9.90 Å². The molecule has 0 radical (unpaired) electrons. The van der Waals surface area contributed by atoms with Gasteiger partial charge in [-0.05, 0) is 75.2 Å². The lowest BCUT2D eigenvalue weighted by atomic mass is 10.0. The van der Waals surface area contributed by atoms with Crippen molar-refractivity contribution in [2.75, 3.05) is 5.73 Å². The van der Waals surface area contributed by atoms with Gasteiger partial charge in [-0.1, -0.05) is 0 Å². The number of hydrogen-bond acceptors (Lipinski definition) is 3. The quantitative estimate of drug-likeness (QED) is 0.720. The number of nitrogen functional groups attached to an aromatic ring is 1. The van der Waals surface area contributed by atoms with Crippen LogP contribution in [-0.2, 0) is 10.3 Å². The van der Waals surface area contributed by atoms with Gasteiger partial charge in [0.15, 0.2) is 0 Å². The third-order valence-electron chi connectivity index (χ3n) is 4.52. The van der Waals surface area contributed by atoms with Gasteiger partial charge in [0.1, 0.15) is 11.4 Å². The number of hydrogen-bond donors (Lipinski definition) is 2. The van der Waals surface area contributed by atoms with Crippen molar-refractivity contribution >= 4 is 22.7 Å². The summed E-state index contributed by atoms with van der Waals surface area (Å²) in [5, 5.41) is 9.74. The van der Waals surface area contributed by atoms with Gasteiger partial charge in [0, 0.05) is 11.3 Å². The smallest absolute Gasteiger partial charge is 0.329 e. The molecule has 124 valence electrons. The summed E-state index contributed by atoms with van der Waals surface area (Å²) >= 11 is 0. The average molecular weight is 323 g/mol. The molecule has 0 atom stereocenters. The van der Waals surface area contributed by atoms with E-state index in [0.29, 0.717) is 11.5 Å². The largest absolute Gasteiger partial charge is 0.480 e. The van der Waals surface area contributed by atoms with E-state index in [1.807, 2.05) is 38.1 Å². The SMILES string of the molecule is Cc1cc2nc(-c3ccc(N)cc3)n(C(C)(C)C(=O)O)c2cc1C. The number of fused-ring (bicyclic) bond motifs is 1. The maximum Gasteiger partial charge on any atom is 0.329 e. The Kier molecular flexibility index (Phi) is 3.59. The van der Waals surface area contributed by atoms with E-state index in [-0.39, 0.29) is 0 Å². The molecule has 0 aliphatic carbocycles. The van der Waals surface area contributed by atoms with Crippen molar-refractivity contribution in [1.29, 1.82) is 0 Å². The first-order valence-corrected chi connectivity index (χ1v) is 7.81. The van der Waals surface area contributed by atoms with Gasteiger partial charge in [-0.15, -0.1) is 0 Å². The van der Waals surface area contributed by atoms with E-state index in [1.165, 1.54) is 0 Å². The lowest BCUT2D eigenvalue weighted by Crippen LogP contribution is -2.36. The number of aliphatic carboxylic acids is 1. The second-order valence-electron chi connectivity index (χ2n) is 6.68. The van der Waals surface area contributed by atoms with Crippen molar-refractivity contribution in [2.24, 2.45) is 0 Å². The first kappa shape index (κ1) is 16.1. The van der Waals surface area contributed by atoms with Crippen LogP contribution in [0.5, 0.6) is 0 Å². The zero-order valence-electron chi connectivity index (χ0n) is 14.3. The molecule has 0 aliphatic rings. The summed E-state index contributed by atoms with van der Waals surface area (Å²) in [6.45, 7) is 7.42. The minimum atomic E-state index is -1.13. The van der Waals surface area contributed by atoms with Crippen LogP contribution in [0.1, 0.15) is 25.0 Å². The van der Waals surface area contributed by atoms with E-state index in [4.69, 9.17) is 10.7 Å². The summed E-state index contributed by atoms with van der Waals surface area (Å²) in [5.74, 6) is -0.279. The molecule has 0 saturated heterocycles. The van der Waals surface area contributed by atoms with Crippen molar-refractivity contribution < 1.29 is 9.90 Å². The van der Waals surface area contributed by atoms with E-state index in [0.717, 1.165) is 27.7 Å². The number of carboxylic acid groups (broad SMARTS) is 1. The lowest BCUT2D eigenvalue weighted by Gasteiger charge is -2.25. The Bertz CT molecular complexity index is 937. The van der Waals surface area contributed by atoms with Gasteiger partial charge >= 0.3 is 5.97 Å².